The second kappa shape index (κ2) is 4.98. The average molecular weight is 283 g/mol. The van der Waals surface area contributed by atoms with Crippen LogP contribution in [0.25, 0.3) is 0 Å². The zero-order valence-corrected chi connectivity index (χ0v) is 10.2. The van der Waals surface area contributed by atoms with Crippen LogP contribution in [0.4, 0.5) is 0 Å². The first-order valence-electron chi connectivity index (χ1n) is 3.75. The van der Waals surface area contributed by atoms with Crippen LogP contribution in [-0.4, -0.2) is 10.7 Å². The lowest BCUT2D eigenvalue weighted by molar-refractivity contribution is -0.120. The molecule has 13 heavy (non-hydrogen) atoms. The molecule has 1 atom stereocenters. The number of alkyl halides is 1. The summed E-state index contributed by atoms with van der Waals surface area (Å²) in [5.74, 6) is -0.00970. The van der Waals surface area contributed by atoms with Crippen molar-refractivity contribution >= 4 is 44.8 Å². The zero-order valence-electron chi connectivity index (χ0n) is 7.01. The number of halogens is 2. The first-order chi connectivity index (χ1) is 6.09. The highest BCUT2D eigenvalue weighted by Gasteiger charge is 2.07. The van der Waals surface area contributed by atoms with Crippen molar-refractivity contribution in [3.63, 3.8) is 0 Å². The first-order valence-corrected chi connectivity index (χ1v) is 5.86. The third-order valence-corrected chi connectivity index (χ3v) is 3.07. The minimum absolute atomic E-state index is 0.00970. The van der Waals surface area contributed by atoms with Crippen molar-refractivity contribution in [2.24, 2.45) is 0 Å². The molecule has 1 aromatic heterocycles. The molecule has 0 aromatic carbocycles. The van der Waals surface area contributed by atoms with Crippen molar-refractivity contribution in [3.05, 3.63) is 21.3 Å². The van der Waals surface area contributed by atoms with Gasteiger partial charge in [0.15, 0.2) is 0 Å². The van der Waals surface area contributed by atoms with E-state index >= 15 is 0 Å². The summed E-state index contributed by atoms with van der Waals surface area (Å²) in [5.41, 5.74) is 0. The summed E-state index contributed by atoms with van der Waals surface area (Å²) < 4.78 is 0.746. The minimum atomic E-state index is -0.150. The normalized spacial score (nSPS) is 12.5. The maximum absolute atomic E-state index is 11.1. The van der Waals surface area contributed by atoms with E-state index < -0.39 is 0 Å². The number of amides is 1. The second-order valence-corrected chi connectivity index (χ2v) is 5.71. The van der Waals surface area contributed by atoms with E-state index in [1.165, 1.54) is 11.3 Å². The number of rotatable bonds is 3. The fourth-order valence-electron chi connectivity index (χ4n) is 0.762. The lowest BCUT2D eigenvalue weighted by atomic mass is 10.4. The molecule has 1 N–H and O–H groups in total. The van der Waals surface area contributed by atoms with Crippen molar-refractivity contribution in [2.45, 2.75) is 18.3 Å². The highest BCUT2D eigenvalue weighted by molar-refractivity contribution is 9.10. The van der Waals surface area contributed by atoms with Crippen LogP contribution >= 0.6 is 38.9 Å². The SMILES string of the molecule is CC(Br)C(=O)NCc1ccc(Cl)s1. The quantitative estimate of drug-likeness (QED) is 0.849. The lowest BCUT2D eigenvalue weighted by Gasteiger charge is -2.04. The Labute approximate surface area is 94.4 Å². The Morgan fingerprint density at radius 2 is 2.46 bits per heavy atom. The van der Waals surface area contributed by atoms with Gasteiger partial charge in [0.25, 0.3) is 0 Å². The van der Waals surface area contributed by atoms with Gasteiger partial charge in [-0.15, -0.1) is 11.3 Å². The van der Waals surface area contributed by atoms with Crippen LogP contribution in [0.3, 0.4) is 0 Å². The third kappa shape index (κ3) is 3.67. The Hall–Kier alpha value is -0.0600. The molecule has 1 aromatic rings. The molecule has 0 spiro atoms. The zero-order chi connectivity index (χ0) is 9.84. The molecular formula is C8H9BrClNOS. The molecule has 5 heteroatoms. The van der Waals surface area contributed by atoms with Crippen molar-refractivity contribution < 1.29 is 4.79 Å². The second-order valence-electron chi connectivity index (χ2n) is 2.54. The Morgan fingerprint density at radius 1 is 1.77 bits per heavy atom. The largest absolute Gasteiger partial charge is 0.350 e. The van der Waals surface area contributed by atoms with E-state index in [0.29, 0.717) is 6.54 Å². The van der Waals surface area contributed by atoms with Crippen LogP contribution in [0.15, 0.2) is 12.1 Å². The van der Waals surface area contributed by atoms with E-state index in [1.54, 1.807) is 6.92 Å². The maximum atomic E-state index is 11.1. The molecule has 1 unspecified atom stereocenters. The van der Waals surface area contributed by atoms with Gasteiger partial charge in [0.1, 0.15) is 0 Å². The molecule has 0 fully saturated rings. The molecule has 72 valence electrons. The summed E-state index contributed by atoms with van der Waals surface area (Å²) in [7, 11) is 0. The van der Waals surface area contributed by atoms with Gasteiger partial charge >= 0.3 is 0 Å². The number of thiophene rings is 1. The summed E-state index contributed by atoms with van der Waals surface area (Å²) in [4.78, 5) is 12.0. The van der Waals surface area contributed by atoms with E-state index in [2.05, 4.69) is 21.2 Å². The van der Waals surface area contributed by atoms with Gasteiger partial charge in [-0.1, -0.05) is 27.5 Å². The van der Waals surface area contributed by atoms with Crippen molar-refractivity contribution in [3.8, 4) is 0 Å². The highest BCUT2D eigenvalue weighted by Crippen LogP contribution is 2.20. The first kappa shape index (κ1) is 11.0. The molecule has 0 aliphatic carbocycles. The molecular weight excluding hydrogens is 274 g/mol. The fraction of sp³-hybridized carbons (Fsp3) is 0.375. The van der Waals surface area contributed by atoms with Gasteiger partial charge in [-0.2, -0.15) is 0 Å². The molecule has 1 amide bonds. The Balaban J connectivity index is 2.39. The van der Waals surface area contributed by atoms with E-state index in [0.717, 1.165) is 9.21 Å². The molecule has 2 nitrogen and oxygen atoms in total. The van der Waals surface area contributed by atoms with E-state index in [9.17, 15) is 4.79 Å². The van der Waals surface area contributed by atoms with Gasteiger partial charge in [0.2, 0.25) is 5.91 Å². The van der Waals surface area contributed by atoms with Gasteiger partial charge in [-0.25, -0.2) is 0 Å². The third-order valence-electron chi connectivity index (χ3n) is 1.43. The van der Waals surface area contributed by atoms with E-state index in [1.807, 2.05) is 12.1 Å². The molecule has 0 bridgehead atoms. The molecule has 1 heterocycles. The van der Waals surface area contributed by atoms with Crippen LogP contribution in [0.1, 0.15) is 11.8 Å². The smallest absolute Gasteiger partial charge is 0.233 e. The topological polar surface area (TPSA) is 29.1 Å². The van der Waals surface area contributed by atoms with Crippen LogP contribution < -0.4 is 5.32 Å². The predicted molar refractivity (Wildman–Crippen MR) is 59.6 cm³/mol. The average Bonchev–Trinajstić information content (AvgIpc) is 2.47. The van der Waals surface area contributed by atoms with Gasteiger partial charge in [0, 0.05) is 4.88 Å². The van der Waals surface area contributed by atoms with Crippen molar-refractivity contribution in [2.75, 3.05) is 0 Å². The van der Waals surface area contributed by atoms with Gasteiger partial charge in [-0.05, 0) is 19.1 Å². The Bertz CT molecular complexity index is 300. The monoisotopic (exact) mass is 281 g/mol. The number of carbonyl (C=O) groups excluding carboxylic acids is 1. The molecule has 0 saturated carbocycles. The predicted octanol–water partition coefficient (Wildman–Crippen LogP) is 2.80. The molecule has 0 saturated heterocycles. The standard InChI is InChI=1S/C8H9BrClNOS/c1-5(9)8(12)11-4-6-2-3-7(10)13-6/h2-3,5H,4H2,1H3,(H,11,12). The summed E-state index contributed by atoms with van der Waals surface area (Å²) >= 11 is 10.4. The van der Waals surface area contributed by atoms with Gasteiger partial charge in [0.05, 0.1) is 15.7 Å². The van der Waals surface area contributed by atoms with Crippen LogP contribution in [-0.2, 0) is 11.3 Å². The number of hydrogen-bond donors (Lipinski definition) is 1. The fourth-order valence-corrected chi connectivity index (χ4v) is 1.95. The van der Waals surface area contributed by atoms with E-state index in [4.69, 9.17) is 11.6 Å². The Morgan fingerprint density at radius 3 is 2.92 bits per heavy atom. The number of hydrogen-bond acceptors (Lipinski definition) is 2. The number of carbonyl (C=O) groups is 1. The van der Waals surface area contributed by atoms with Crippen molar-refractivity contribution in [1.29, 1.82) is 0 Å². The van der Waals surface area contributed by atoms with Crippen LogP contribution in [0.2, 0.25) is 4.34 Å². The van der Waals surface area contributed by atoms with Gasteiger partial charge < -0.3 is 5.32 Å². The maximum Gasteiger partial charge on any atom is 0.233 e. The van der Waals surface area contributed by atoms with Crippen molar-refractivity contribution in [1.82, 2.24) is 5.32 Å². The highest BCUT2D eigenvalue weighted by atomic mass is 79.9. The molecule has 0 aliphatic rings. The minimum Gasteiger partial charge on any atom is -0.350 e. The summed E-state index contributed by atoms with van der Waals surface area (Å²) in [6, 6.07) is 3.73. The molecule has 0 aliphatic heterocycles. The summed E-state index contributed by atoms with van der Waals surface area (Å²) in [5, 5.41) is 2.78. The summed E-state index contributed by atoms with van der Waals surface area (Å²) in [6.07, 6.45) is 0. The van der Waals surface area contributed by atoms with Crippen LogP contribution in [0, 0.1) is 0 Å². The lowest BCUT2D eigenvalue weighted by Crippen LogP contribution is -2.28. The Kier molecular flexibility index (Phi) is 4.22. The summed E-state index contributed by atoms with van der Waals surface area (Å²) in [6.45, 7) is 2.34. The number of nitrogens with one attached hydrogen (secondary N) is 1. The van der Waals surface area contributed by atoms with Gasteiger partial charge in [-0.3, -0.25) is 4.79 Å². The molecule has 1 rings (SSSR count). The van der Waals surface area contributed by atoms with E-state index in [-0.39, 0.29) is 10.7 Å². The van der Waals surface area contributed by atoms with Crippen LogP contribution in [0.5, 0.6) is 0 Å². The molecule has 0 radical (unpaired) electrons.